The summed E-state index contributed by atoms with van der Waals surface area (Å²) in [6, 6.07) is 6.05. The molecule has 0 unspecified atom stereocenters. The molecule has 3 N–H and O–H groups in total. The SMILES string of the molecule is CC(C)(C)OC(=O)NCCCOc1ccc(Cl)cc1NC(=O)Nc1cnc(C#N)cn1. The Hall–Kier alpha value is -3.58. The van der Waals surface area contributed by atoms with E-state index in [4.69, 9.17) is 26.3 Å². The maximum Gasteiger partial charge on any atom is 0.407 e. The normalized spacial score (nSPS) is 10.5. The van der Waals surface area contributed by atoms with Crippen LogP contribution < -0.4 is 20.7 Å². The fourth-order valence-corrected chi connectivity index (χ4v) is 2.38. The van der Waals surface area contributed by atoms with E-state index < -0.39 is 17.7 Å². The first kappa shape index (κ1) is 23.7. The van der Waals surface area contributed by atoms with Crippen LogP contribution in [0.4, 0.5) is 21.1 Å². The number of hydrogen-bond donors (Lipinski definition) is 3. The standard InChI is InChI=1S/C20H23ClN6O4/c1-20(2,3)31-19(29)23-7-4-8-30-16-6-5-13(21)9-15(16)26-18(28)27-17-12-24-14(10-22)11-25-17/h5-6,9,11-12H,4,7-8H2,1-3H3,(H,23,29)(H2,25,26,27,28). The topological polar surface area (TPSA) is 138 Å². The molecule has 10 nitrogen and oxygen atoms in total. The summed E-state index contributed by atoms with van der Waals surface area (Å²) in [5.74, 6) is 0.581. The second-order valence-electron chi connectivity index (χ2n) is 7.25. The number of aromatic nitrogens is 2. The molecule has 1 aromatic heterocycles. The molecule has 0 atom stereocenters. The Bertz CT molecular complexity index is 954. The van der Waals surface area contributed by atoms with Crippen LogP contribution >= 0.6 is 11.6 Å². The zero-order valence-electron chi connectivity index (χ0n) is 17.4. The van der Waals surface area contributed by atoms with E-state index in [1.165, 1.54) is 12.4 Å². The average molecular weight is 447 g/mol. The highest BCUT2D eigenvalue weighted by molar-refractivity contribution is 6.31. The van der Waals surface area contributed by atoms with Crippen molar-refractivity contribution in [1.82, 2.24) is 15.3 Å². The molecule has 31 heavy (non-hydrogen) atoms. The summed E-state index contributed by atoms with van der Waals surface area (Å²) in [7, 11) is 0. The molecule has 0 aliphatic carbocycles. The molecule has 0 aliphatic heterocycles. The first-order valence-corrected chi connectivity index (χ1v) is 9.73. The Morgan fingerprint density at radius 3 is 2.61 bits per heavy atom. The summed E-state index contributed by atoms with van der Waals surface area (Å²) >= 11 is 6.02. The van der Waals surface area contributed by atoms with E-state index in [0.29, 0.717) is 29.4 Å². The zero-order chi connectivity index (χ0) is 22.9. The van der Waals surface area contributed by atoms with Crippen LogP contribution in [0.2, 0.25) is 5.02 Å². The number of carbonyl (C=O) groups is 2. The molecule has 2 rings (SSSR count). The number of nitrogens with one attached hydrogen (secondary N) is 3. The van der Waals surface area contributed by atoms with Crippen LogP contribution in [0.5, 0.6) is 5.75 Å². The van der Waals surface area contributed by atoms with Crippen molar-refractivity contribution in [3.8, 4) is 11.8 Å². The van der Waals surface area contributed by atoms with Crippen LogP contribution in [-0.2, 0) is 4.74 Å². The summed E-state index contributed by atoms with van der Waals surface area (Å²) in [6.45, 7) is 6.01. The third kappa shape index (κ3) is 8.76. The number of alkyl carbamates (subject to hydrolysis) is 1. The van der Waals surface area contributed by atoms with Gasteiger partial charge in [-0.1, -0.05) is 11.6 Å². The summed E-state index contributed by atoms with van der Waals surface area (Å²) < 4.78 is 10.9. The molecule has 3 amide bonds. The van der Waals surface area contributed by atoms with Gasteiger partial charge in [0.05, 0.1) is 24.7 Å². The van der Waals surface area contributed by atoms with Gasteiger partial charge in [-0.25, -0.2) is 19.6 Å². The van der Waals surface area contributed by atoms with E-state index in [1.807, 2.05) is 6.07 Å². The van der Waals surface area contributed by atoms with Gasteiger partial charge in [-0.3, -0.25) is 5.32 Å². The molecule has 2 aromatic rings. The molecule has 0 saturated carbocycles. The molecule has 11 heteroatoms. The molecule has 0 saturated heterocycles. The molecule has 0 bridgehead atoms. The highest BCUT2D eigenvalue weighted by Gasteiger charge is 2.15. The number of nitrogens with zero attached hydrogens (tertiary/aromatic N) is 3. The molecule has 0 aliphatic rings. The lowest BCUT2D eigenvalue weighted by molar-refractivity contribution is 0.0525. The summed E-state index contributed by atoms with van der Waals surface area (Å²) in [4.78, 5) is 31.6. The van der Waals surface area contributed by atoms with Gasteiger partial charge in [0, 0.05) is 11.6 Å². The number of nitriles is 1. The summed E-state index contributed by atoms with van der Waals surface area (Å²) in [5, 5.41) is 16.9. The van der Waals surface area contributed by atoms with E-state index in [0.717, 1.165) is 0 Å². The fraction of sp³-hybridized carbons (Fsp3) is 0.350. The maximum atomic E-state index is 12.3. The number of hydrogen-bond acceptors (Lipinski definition) is 7. The number of benzene rings is 1. The van der Waals surface area contributed by atoms with E-state index in [1.54, 1.807) is 39.0 Å². The third-order valence-corrected chi connectivity index (χ3v) is 3.68. The van der Waals surface area contributed by atoms with Gasteiger partial charge in [-0.05, 0) is 45.4 Å². The monoisotopic (exact) mass is 446 g/mol. The largest absolute Gasteiger partial charge is 0.491 e. The number of ether oxygens (including phenoxy) is 2. The van der Waals surface area contributed by atoms with Gasteiger partial charge in [0.25, 0.3) is 0 Å². The van der Waals surface area contributed by atoms with Crippen molar-refractivity contribution in [2.45, 2.75) is 32.8 Å². The molecule has 0 fully saturated rings. The van der Waals surface area contributed by atoms with Gasteiger partial charge in [-0.15, -0.1) is 0 Å². The first-order chi connectivity index (χ1) is 14.7. The average Bonchev–Trinajstić information content (AvgIpc) is 2.68. The summed E-state index contributed by atoms with van der Waals surface area (Å²) in [5.41, 5.74) is -0.0710. The lowest BCUT2D eigenvalue weighted by Crippen LogP contribution is -2.33. The Kier molecular flexibility index (Phi) is 8.40. The molecular weight excluding hydrogens is 424 g/mol. The van der Waals surface area contributed by atoms with Crippen LogP contribution in [0.1, 0.15) is 32.9 Å². The molecule has 1 heterocycles. The van der Waals surface area contributed by atoms with Crippen molar-refractivity contribution in [3.05, 3.63) is 41.3 Å². The van der Waals surface area contributed by atoms with Gasteiger partial charge in [0.2, 0.25) is 0 Å². The Morgan fingerprint density at radius 2 is 1.97 bits per heavy atom. The van der Waals surface area contributed by atoms with Crippen molar-refractivity contribution in [1.29, 1.82) is 5.26 Å². The second kappa shape index (κ2) is 11.0. The van der Waals surface area contributed by atoms with Crippen LogP contribution in [0.15, 0.2) is 30.6 Å². The predicted octanol–water partition coefficient (Wildman–Crippen LogP) is 3.94. The molecule has 164 valence electrons. The minimum atomic E-state index is -0.585. The van der Waals surface area contributed by atoms with Crippen molar-refractivity contribution < 1.29 is 19.1 Å². The number of carbonyl (C=O) groups excluding carboxylic acids is 2. The van der Waals surface area contributed by atoms with Gasteiger partial charge >= 0.3 is 12.1 Å². The highest BCUT2D eigenvalue weighted by Crippen LogP contribution is 2.28. The first-order valence-electron chi connectivity index (χ1n) is 9.35. The highest BCUT2D eigenvalue weighted by atomic mass is 35.5. The quantitative estimate of drug-likeness (QED) is 0.547. The third-order valence-electron chi connectivity index (χ3n) is 3.44. The Morgan fingerprint density at radius 1 is 1.19 bits per heavy atom. The predicted molar refractivity (Wildman–Crippen MR) is 115 cm³/mol. The Labute approximate surface area is 184 Å². The maximum absolute atomic E-state index is 12.3. The molecule has 1 aromatic carbocycles. The van der Waals surface area contributed by atoms with Gasteiger partial charge < -0.3 is 20.1 Å². The van der Waals surface area contributed by atoms with Crippen molar-refractivity contribution in [2.24, 2.45) is 0 Å². The van der Waals surface area contributed by atoms with Crippen LogP contribution in [0.25, 0.3) is 0 Å². The van der Waals surface area contributed by atoms with Gasteiger partial charge in [0.1, 0.15) is 17.4 Å². The summed E-state index contributed by atoms with van der Waals surface area (Å²) in [6.07, 6.45) is 2.54. The zero-order valence-corrected chi connectivity index (χ0v) is 18.1. The molecule has 0 radical (unpaired) electrons. The van der Waals surface area contributed by atoms with Gasteiger partial charge in [-0.2, -0.15) is 5.26 Å². The van der Waals surface area contributed by atoms with Crippen LogP contribution in [0, 0.1) is 11.3 Å². The van der Waals surface area contributed by atoms with Crippen molar-refractivity contribution >= 4 is 35.2 Å². The Balaban J connectivity index is 1.86. The molecular formula is C20H23ClN6O4. The lowest BCUT2D eigenvalue weighted by atomic mass is 10.2. The smallest absolute Gasteiger partial charge is 0.407 e. The number of anilines is 2. The van der Waals surface area contributed by atoms with Crippen molar-refractivity contribution in [3.63, 3.8) is 0 Å². The van der Waals surface area contributed by atoms with Crippen molar-refractivity contribution in [2.75, 3.05) is 23.8 Å². The van der Waals surface area contributed by atoms with Crippen LogP contribution in [0.3, 0.4) is 0 Å². The fourth-order valence-electron chi connectivity index (χ4n) is 2.20. The number of urea groups is 1. The van der Waals surface area contributed by atoms with Gasteiger partial charge in [0.15, 0.2) is 11.5 Å². The number of rotatable bonds is 7. The molecule has 0 spiro atoms. The van der Waals surface area contributed by atoms with E-state index in [2.05, 4.69) is 25.9 Å². The second-order valence-corrected chi connectivity index (χ2v) is 7.69. The van der Waals surface area contributed by atoms with Crippen LogP contribution in [-0.4, -0.2) is 40.8 Å². The minimum Gasteiger partial charge on any atom is -0.491 e. The van der Waals surface area contributed by atoms with E-state index in [9.17, 15) is 9.59 Å². The number of amides is 3. The van der Waals surface area contributed by atoms with E-state index in [-0.39, 0.29) is 18.1 Å². The minimum absolute atomic E-state index is 0.137. The van der Waals surface area contributed by atoms with E-state index >= 15 is 0 Å². The number of halogens is 1. The lowest BCUT2D eigenvalue weighted by Gasteiger charge is -2.19.